The van der Waals surface area contributed by atoms with Crippen LogP contribution in [0.25, 0.3) is 0 Å². The summed E-state index contributed by atoms with van der Waals surface area (Å²) in [6.07, 6.45) is 15.9. The Hall–Kier alpha value is -1.11. The quantitative estimate of drug-likeness (QED) is 0.458. The minimum atomic E-state index is 0.551. The molecule has 15 heavy (non-hydrogen) atoms. The average molecular weight is 205 g/mol. The van der Waals surface area contributed by atoms with Crippen molar-refractivity contribution in [3.63, 3.8) is 0 Å². The average Bonchev–Trinajstić information content (AvgIpc) is 2.24. The van der Waals surface area contributed by atoms with Gasteiger partial charge in [-0.15, -0.1) is 0 Å². The van der Waals surface area contributed by atoms with Crippen molar-refractivity contribution in [2.45, 2.75) is 27.2 Å². The predicted octanol–water partition coefficient (Wildman–Crippen LogP) is 4.04. The van der Waals surface area contributed by atoms with E-state index in [1.807, 2.05) is 12.3 Å². The number of nitrogens with zero attached hydrogens (tertiary/aromatic N) is 1. The third-order valence-electron chi connectivity index (χ3n) is 2.41. The van der Waals surface area contributed by atoms with Crippen molar-refractivity contribution < 1.29 is 0 Å². The molecule has 0 bridgehead atoms. The second-order valence-corrected chi connectivity index (χ2v) is 3.65. The third kappa shape index (κ3) is 6.89. The van der Waals surface area contributed by atoms with Crippen LogP contribution in [0.1, 0.15) is 27.2 Å². The van der Waals surface area contributed by atoms with Crippen LogP contribution in [-0.2, 0) is 0 Å². The highest BCUT2D eigenvalue weighted by molar-refractivity contribution is 5.70. The van der Waals surface area contributed by atoms with Crippen LogP contribution in [-0.4, -0.2) is 13.3 Å². The standard InChI is InChI=1S/C14H23N/c1-5-7-11-14(9-6-2)13(3)10-8-12-15-4/h5-10,12-14H,11H2,1-4H3/b7-5+,9-6-,10-8-,15-12?. The van der Waals surface area contributed by atoms with Gasteiger partial charge in [0.05, 0.1) is 0 Å². The molecule has 0 fully saturated rings. The zero-order valence-electron chi connectivity index (χ0n) is 10.4. The lowest BCUT2D eigenvalue weighted by Crippen LogP contribution is -2.05. The Morgan fingerprint density at radius 3 is 2.40 bits per heavy atom. The zero-order valence-corrected chi connectivity index (χ0v) is 10.4. The van der Waals surface area contributed by atoms with Crippen LogP contribution in [0.3, 0.4) is 0 Å². The first-order valence-electron chi connectivity index (χ1n) is 5.59. The Bertz CT molecular complexity index is 246. The van der Waals surface area contributed by atoms with Crippen LogP contribution in [0.2, 0.25) is 0 Å². The Kier molecular flexibility index (Phi) is 8.75. The summed E-state index contributed by atoms with van der Waals surface area (Å²) in [5.41, 5.74) is 0. The summed E-state index contributed by atoms with van der Waals surface area (Å²) in [5.74, 6) is 1.14. The lowest BCUT2D eigenvalue weighted by Gasteiger charge is -2.15. The summed E-state index contributed by atoms with van der Waals surface area (Å²) < 4.78 is 0. The molecule has 0 aromatic carbocycles. The zero-order chi connectivity index (χ0) is 11.5. The molecule has 0 aliphatic heterocycles. The number of aliphatic imine (C=N–C) groups is 1. The van der Waals surface area contributed by atoms with Gasteiger partial charge in [-0.3, -0.25) is 4.99 Å². The lowest BCUT2D eigenvalue weighted by atomic mass is 9.90. The van der Waals surface area contributed by atoms with Gasteiger partial charge in [-0.05, 0) is 38.2 Å². The molecule has 1 nitrogen and oxygen atoms in total. The van der Waals surface area contributed by atoms with Crippen LogP contribution < -0.4 is 0 Å². The van der Waals surface area contributed by atoms with Gasteiger partial charge in [-0.2, -0.15) is 0 Å². The summed E-state index contributed by atoms with van der Waals surface area (Å²) in [6, 6.07) is 0. The molecule has 0 aromatic heterocycles. The van der Waals surface area contributed by atoms with E-state index in [9.17, 15) is 0 Å². The summed E-state index contributed by atoms with van der Waals surface area (Å²) in [6.45, 7) is 6.39. The Labute approximate surface area is 94.3 Å². The van der Waals surface area contributed by atoms with E-state index in [2.05, 4.69) is 56.1 Å². The number of hydrogen-bond donors (Lipinski definition) is 0. The fraction of sp³-hybridized carbons (Fsp3) is 0.500. The molecule has 1 heteroatoms. The van der Waals surface area contributed by atoms with Crippen molar-refractivity contribution in [3.05, 3.63) is 36.5 Å². The van der Waals surface area contributed by atoms with Crippen molar-refractivity contribution in [2.75, 3.05) is 7.05 Å². The smallest absolute Gasteiger partial charge is 0.0277 e. The van der Waals surface area contributed by atoms with E-state index >= 15 is 0 Å². The van der Waals surface area contributed by atoms with Crippen LogP contribution in [0.4, 0.5) is 0 Å². The van der Waals surface area contributed by atoms with Crippen molar-refractivity contribution in [1.82, 2.24) is 0 Å². The molecule has 0 aliphatic carbocycles. The topological polar surface area (TPSA) is 12.4 Å². The molecule has 0 heterocycles. The first kappa shape index (κ1) is 13.9. The second kappa shape index (κ2) is 9.45. The van der Waals surface area contributed by atoms with E-state index in [-0.39, 0.29) is 0 Å². The molecule has 0 rings (SSSR count). The van der Waals surface area contributed by atoms with Crippen molar-refractivity contribution >= 4 is 6.21 Å². The minimum Gasteiger partial charge on any atom is -0.297 e. The molecule has 0 N–H and O–H groups in total. The molecule has 0 saturated heterocycles. The molecule has 0 aromatic rings. The minimum absolute atomic E-state index is 0.551. The maximum absolute atomic E-state index is 3.93. The molecular weight excluding hydrogens is 182 g/mol. The summed E-state index contributed by atoms with van der Waals surface area (Å²) in [5, 5.41) is 0. The van der Waals surface area contributed by atoms with Gasteiger partial charge < -0.3 is 0 Å². The second-order valence-electron chi connectivity index (χ2n) is 3.65. The van der Waals surface area contributed by atoms with E-state index in [1.165, 1.54) is 0 Å². The fourth-order valence-electron chi connectivity index (χ4n) is 1.46. The van der Waals surface area contributed by atoms with E-state index < -0.39 is 0 Å². The Morgan fingerprint density at radius 1 is 1.13 bits per heavy atom. The van der Waals surface area contributed by atoms with E-state index in [0.717, 1.165) is 6.42 Å². The molecule has 2 unspecified atom stereocenters. The molecule has 0 saturated carbocycles. The first-order valence-corrected chi connectivity index (χ1v) is 5.59. The van der Waals surface area contributed by atoms with Crippen LogP contribution in [0.15, 0.2) is 41.4 Å². The van der Waals surface area contributed by atoms with Crippen LogP contribution in [0, 0.1) is 11.8 Å². The molecule has 84 valence electrons. The molecule has 0 radical (unpaired) electrons. The number of allylic oxidation sites excluding steroid dienone is 6. The van der Waals surface area contributed by atoms with Gasteiger partial charge in [-0.1, -0.05) is 37.3 Å². The van der Waals surface area contributed by atoms with Gasteiger partial charge in [0.1, 0.15) is 0 Å². The van der Waals surface area contributed by atoms with E-state index in [1.54, 1.807) is 7.05 Å². The van der Waals surface area contributed by atoms with Gasteiger partial charge in [-0.25, -0.2) is 0 Å². The molecule has 0 spiro atoms. The van der Waals surface area contributed by atoms with Gasteiger partial charge >= 0.3 is 0 Å². The Morgan fingerprint density at radius 2 is 1.87 bits per heavy atom. The first-order chi connectivity index (χ1) is 7.26. The monoisotopic (exact) mass is 205 g/mol. The van der Waals surface area contributed by atoms with Crippen molar-refractivity contribution in [2.24, 2.45) is 16.8 Å². The molecular formula is C14H23N. The highest BCUT2D eigenvalue weighted by Crippen LogP contribution is 2.19. The third-order valence-corrected chi connectivity index (χ3v) is 2.41. The highest BCUT2D eigenvalue weighted by Gasteiger charge is 2.08. The highest BCUT2D eigenvalue weighted by atomic mass is 14.6. The normalized spacial score (nSPS) is 17.3. The van der Waals surface area contributed by atoms with Gasteiger partial charge in [0.15, 0.2) is 0 Å². The predicted molar refractivity (Wildman–Crippen MR) is 70.5 cm³/mol. The van der Waals surface area contributed by atoms with E-state index in [0.29, 0.717) is 11.8 Å². The summed E-state index contributed by atoms with van der Waals surface area (Å²) in [4.78, 5) is 3.93. The molecule has 0 aliphatic rings. The number of rotatable bonds is 6. The summed E-state index contributed by atoms with van der Waals surface area (Å²) >= 11 is 0. The van der Waals surface area contributed by atoms with Crippen molar-refractivity contribution in [3.8, 4) is 0 Å². The lowest BCUT2D eigenvalue weighted by molar-refractivity contribution is 0.517. The van der Waals surface area contributed by atoms with Gasteiger partial charge in [0, 0.05) is 13.3 Å². The van der Waals surface area contributed by atoms with Gasteiger partial charge in [0.2, 0.25) is 0 Å². The SMILES string of the molecule is C/C=C\C(C/C=C/C)C(C)/C=C\C=NC. The fourth-order valence-corrected chi connectivity index (χ4v) is 1.46. The molecule has 2 atom stereocenters. The van der Waals surface area contributed by atoms with Crippen molar-refractivity contribution in [1.29, 1.82) is 0 Å². The Balaban J connectivity index is 4.33. The van der Waals surface area contributed by atoms with Crippen LogP contribution >= 0.6 is 0 Å². The maximum Gasteiger partial charge on any atom is 0.0277 e. The van der Waals surface area contributed by atoms with Gasteiger partial charge in [0.25, 0.3) is 0 Å². The largest absolute Gasteiger partial charge is 0.297 e. The van der Waals surface area contributed by atoms with Crippen LogP contribution in [0.5, 0.6) is 0 Å². The molecule has 0 amide bonds. The van der Waals surface area contributed by atoms with E-state index in [4.69, 9.17) is 0 Å². The summed E-state index contributed by atoms with van der Waals surface area (Å²) in [7, 11) is 1.79. The maximum atomic E-state index is 3.93. The number of hydrogen-bond acceptors (Lipinski definition) is 1.